The molecule has 0 aromatic rings. The molecular formula is C9H6F12O. The molecule has 1 aliphatic rings. The lowest BCUT2D eigenvalue weighted by atomic mass is 9.75. The van der Waals surface area contributed by atoms with Crippen LogP contribution >= 0.6 is 0 Å². The van der Waals surface area contributed by atoms with Crippen LogP contribution < -0.4 is 0 Å². The van der Waals surface area contributed by atoms with Gasteiger partial charge >= 0.3 is 29.7 Å². The molecule has 1 fully saturated rings. The molecule has 0 amide bonds. The van der Waals surface area contributed by atoms with Gasteiger partial charge in [0.2, 0.25) is 0 Å². The van der Waals surface area contributed by atoms with Gasteiger partial charge in [-0.05, 0) is 0 Å². The molecule has 3 atom stereocenters. The van der Waals surface area contributed by atoms with Gasteiger partial charge < -0.3 is 0 Å². The quantitative estimate of drug-likeness (QED) is 0.658. The Balaban J connectivity index is 3.94. The van der Waals surface area contributed by atoms with Crippen LogP contribution in [0.25, 0.3) is 0 Å². The summed E-state index contributed by atoms with van der Waals surface area (Å²) >= 11 is 0. The van der Waals surface area contributed by atoms with E-state index in [9.17, 15) is 52.7 Å². The highest BCUT2D eigenvalue weighted by atomic mass is 19.4. The van der Waals surface area contributed by atoms with E-state index in [0.29, 0.717) is 0 Å². The summed E-state index contributed by atoms with van der Waals surface area (Å²) in [4.78, 5) is 0. The van der Waals surface area contributed by atoms with Gasteiger partial charge in [-0.3, -0.25) is 4.74 Å². The van der Waals surface area contributed by atoms with Crippen LogP contribution in [-0.4, -0.2) is 41.3 Å². The number of hydrogen-bond acceptors (Lipinski definition) is 1. The van der Waals surface area contributed by atoms with Gasteiger partial charge in [0.1, 0.15) is 0 Å². The third kappa shape index (κ3) is 1.80. The number of ether oxygens (including phenoxy) is 1. The van der Waals surface area contributed by atoms with Crippen LogP contribution in [0.4, 0.5) is 52.7 Å². The monoisotopic (exact) mass is 358 g/mol. The molecule has 0 bridgehead atoms. The minimum Gasteiger partial charge on any atom is -0.271 e. The first-order valence-electron chi connectivity index (χ1n) is 5.18. The number of alkyl halides is 12. The highest BCUT2D eigenvalue weighted by Gasteiger charge is 3.02. The van der Waals surface area contributed by atoms with Crippen LogP contribution in [0.3, 0.4) is 0 Å². The number of halogens is 12. The fourth-order valence-electron chi connectivity index (χ4n) is 2.08. The van der Waals surface area contributed by atoms with Crippen LogP contribution in [0.2, 0.25) is 0 Å². The van der Waals surface area contributed by atoms with Crippen molar-refractivity contribution in [2.24, 2.45) is 0 Å². The van der Waals surface area contributed by atoms with E-state index >= 15 is 0 Å². The van der Waals surface area contributed by atoms with Crippen molar-refractivity contribution in [1.29, 1.82) is 0 Å². The van der Waals surface area contributed by atoms with E-state index in [1.165, 1.54) is 0 Å². The zero-order chi connectivity index (χ0) is 18.2. The van der Waals surface area contributed by atoms with Crippen LogP contribution in [0.5, 0.6) is 0 Å². The highest BCUT2D eigenvalue weighted by Crippen LogP contribution is 2.71. The Morgan fingerprint density at radius 1 is 0.636 bits per heavy atom. The van der Waals surface area contributed by atoms with Gasteiger partial charge in [0.25, 0.3) is 11.6 Å². The molecule has 0 aliphatic carbocycles. The van der Waals surface area contributed by atoms with Crippen molar-refractivity contribution >= 4 is 0 Å². The average Bonchev–Trinajstić information content (AvgIpc) is 2.33. The molecule has 1 heterocycles. The maximum Gasteiger partial charge on any atom is 0.435 e. The zero-order valence-electron chi connectivity index (χ0n) is 10.4. The molecule has 1 rings (SSSR count). The van der Waals surface area contributed by atoms with E-state index in [2.05, 4.69) is 4.74 Å². The Kier molecular flexibility index (Phi) is 3.61. The topological polar surface area (TPSA) is 9.23 Å². The van der Waals surface area contributed by atoms with Crippen molar-refractivity contribution in [3.05, 3.63) is 0 Å². The van der Waals surface area contributed by atoms with Crippen molar-refractivity contribution in [3.8, 4) is 0 Å². The largest absolute Gasteiger partial charge is 0.435 e. The van der Waals surface area contributed by atoms with E-state index in [4.69, 9.17) is 0 Å². The Hall–Kier alpha value is -0.880. The summed E-state index contributed by atoms with van der Waals surface area (Å²) in [5, 5.41) is 0. The van der Waals surface area contributed by atoms with E-state index in [-0.39, 0.29) is 0 Å². The summed E-state index contributed by atoms with van der Waals surface area (Å²) in [5.74, 6) is -17.9. The molecule has 0 aromatic carbocycles. The van der Waals surface area contributed by atoms with Crippen molar-refractivity contribution in [2.75, 3.05) is 0 Å². The first-order valence-corrected chi connectivity index (χ1v) is 5.18. The molecule has 0 N–H and O–H groups in total. The average molecular weight is 358 g/mol. The fourth-order valence-corrected chi connectivity index (χ4v) is 2.08. The van der Waals surface area contributed by atoms with Crippen LogP contribution in [-0.2, 0) is 4.74 Å². The second-order valence-electron chi connectivity index (χ2n) is 4.81. The summed E-state index contributed by atoms with van der Waals surface area (Å²) in [7, 11) is 0. The first kappa shape index (κ1) is 19.2. The van der Waals surface area contributed by atoms with Gasteiger partial charge in [-0.2, -0.15) is 22.0 Å². The lowest BCUT2D eigenvalue weighted by molar-refractivity contribution is -0.381. The molecule has 1 nitrogen and oxygen atoms in total. The van der Waals surface area contributed by atoms with Gasteiger partial charge in [0.15, 0.2) is 0 Å². The van der Waals surface area contributed by atoms with Gasteiger partial charge in [-0.25, -0.2) is 30.7 Å². The number of rotatable bonds is 2. The highest BCUT2D eigenvalue weighted by molar-refractivity contribution is 5.28. The van der Waals surface area contributed by atoms with E-state index in [0.717, 1.165) is 0 Å². The summed E-state index contributed by atoms with van der Waals surface area (Å²) in [6.45, 7) is -1.77. The summed E-state index contributed by atoms with van der Waals surface area (Å²) in [6.07, 6.45) is -13.9. The normalized spacial score (nSPS) is 40.1. The molecule has 0 aromatic heterocycles. The molecule has 0 saturated carbocycles. The minimum absolute atomic E-state index is 0.814. The van der Waals surface area contributed by atoms with Gasteiger partial charge in [0.05, 0.1) is 0 Å². The number of hydrogen-bond donors (Lipinski definition) is 0. The molecule has 132 valence electrons. The maximum absolute atomic E-state index is 14.1. The van der Waals surface area contributed by atoms with Gasteiger partial charge in [0, 0.05) is 13.8 Å². The lowest BCUT2D eigenvalue weighted by Gasteiger charge is -2.42. The van der Waals surface area contributed by atoms with Crippen molar-refractivity contribution < 1.29 is 57.4 Å². The second-order valence-corrected chi connectivity index (χ2v) is 4.81. The third-order valence-corrected chi connectivity index (χ3v) is 3.15. The molecule has 0 radical (unpaired) electrons. The minimum atomic E-state index is -7.20. The van der Waals surface area contributed by atoms with Crippen LogP contribution in [0.15, 0.2) is 0 Å². The third-order valence-electron chi connectivity index (χ3n) is 3.15. The predicted molar refractivity (Wildman–Crippen MR) is 44.8 cm³/mol. The van der Waals surface area contributed by atoms with Crippen molar-refractivity contribution in [2.45, 2.75) is 55.2 Å². The molecule has 13 heteroatoms. The Morgan fingerprint density at radius 2 is 1.00 bits per heavy atom. The van der Waals surface area contributed by atoms with E-state index in [1.807, 2.05) is 0 Å². The second kappa shape index (κ2) is 4.15. The first-order chi connectivity index (χ1) is 9.21. The lowest BCUT2D eigenvalue weighted by Crippen LogP contribution is -2.74. The SMILES string of the molecule is CC(F)(F)C1(F)OC(F)(F)C(F)(C(F)(F)F)C1(F)C(C)(F)F. The summed E-state index contributed by atoms with van der Waals surface area (Å²) in [6, 6.07) is 0. The maximum atomic E-state index is 14.1. The Morgan fingerprint density at radius 3 is 1.23 bits per heavy atom. The summed E-state index contributed by atoms with van der Waals surface area (Å²) < 4.78 is 160. The smallest absolute Gasteiger partial charge is 0.271 e. The van der Waals surface area contributed by atoms with Crippen molar-refractivity contribution in [1.82, 2.24) is 0 Å². The standard InChI is InChI=1S/C9H6F12O/c1-3(10,11)5(14)6(15,8(17,18)19)9(20,21)22-7(5,16)4(2,12)13/h1-2H3. The summed E-state index contributed by atoms with van der Waals surface area (Å²) in [5.41, 5.74) is -13.8. The Bertz CT molecular complexity index is 461. The van der Waals surface area contributed by atoms with Gasteiger partial charge in [-0.15, -0.1) is 0 Å². The van der Waals surface area contributed by atoms with Crippen LogP contribution in [0.1, 0.15) is 13.8 Å². The van der Waals surface area contributed by atoms with Crippen LogP contribution in [0, 0.1) is 0 Å². The molecule has 1 aliphatic heterocycles. The molecule has 3 unspecified atom stereocenters. The molecule has 22 heavy (non-hydrogen) atoms. The van der Waals surface area contributed by atoms with E-state index < -0.39 is 55.2 Å². The Labute approximate surface area is 114 Å². The molecule has 0 spiro atoms. The van der Waals surface area contributed by atoms with E-state index in [1.54, 1.807) is 0 Å². The van der Waals surface area contributed by atoms with Crippen molar-refractivity contribution in [3.63, 3.8) is 0 Å². The zero-order valence-corrected chi connectivity index (χ0v) is 10.4. The molecule has 1 saturated heterocycles. The van der Waals surface area contributed by atoms with Gasteiger partial charge in [-0.1, -0.05) is 0 Å². The molecular weight excluding hydrogens is 352 g/mol. The predicted octanol–water partition coefficient (Wildman–Crippen LogP) is 4.56. The fraction of sp³-hybridized carbons (Fsp3) is 1.00.